The molecule has 0 aromatic heterocycles. The molecule has 9 heteroatoms. The SMILES string of the molecule is CC1CCCC(C)N1C(=O)NCCCN1C(=O)c2ccc([N+](=O)[O-])cc2C1=O. The van der Waals surface area contributed by atoms with Gasteiger partial charge in [0.1, 0.15) is 0 Å². The number of likely N-dealkylation sites (tertiary alicyclic amines) is 1. The second-order valence-corrected chi connectivity index (χ2v) is 7.37. The van der Waals surface area contributed by atoms with Crippen molar-refractivity contribution in [2.45, 2.75) is 51.6 Å². The molecule has 1 fully saturated rings. The summed E-state index contributed by atoms with van der Waals surface area (Å²) in [5, 5.41) is 13.7. The van der Waals surface area contributed by atoms with Gasteiger partial charge in [-0.25, -0.2) is 4.79 Å². The molecule has 1 aromatic carbocycles. The molecule has 4 amide bonds. The summed E-state index contributed by atoms with van der Waals surface area (Å²) in [5.74, 6) is -0.993. The summed E-state index contributed by atoms with van der Waals surface area (Å²) in [4.78, 5) is 50.4. The van der Waals surface area contributed by atoms with Crippen LogP contribution in [0.4, 0.5) is 10.5 Å². The third-order valence-electron chi connectivity index (χ3n) is 5.43. The number of urea groups is 1. The topological polar surface area (TPSA) is 113 Å². The molecule has 150 valence electrons. The molecule has 0 radical (unpaired) electrons. The van der Waals surface area contributed by atoms with E-state index in [1.165, 1.54) is 12.1 Å². The third-order valence-corrected chi connectivity index (χ3v) is 5.43. The van der Waals surface area contributed by atoms with E-state index in [0.29, 0.717) is 13.0 Å². The van der Waals surface area contributed by atoms with Crippen molar-refractivity contribution in [3.8, 4) is 0 Å². The maximum Gasteiger partial charge on any atom is 0.317 e. The van der Waals surface area contributed by atoms with E-state index in [1.807, 2.05) is 18.7 Å². The van der Waals surface area contributed by atoms with Crippen molar-refractivity contribution in [2.75, 3.05) is 13.1 Å². The van der Waals surface area contributed by atoms with E-state index in [1.54, 1.807) is 0 Å². The Balaban J connectivity index is 1.54. The molecule has 2 unspecified atom stereocenters. The van der Waals surface area contributed by atoms with Gasteiger partial charge >= 0.3 is 6.03 Å². The van der Waals surface area contributed by atoms with Gasteiger partial charge in [-0.15, -0.1) is 0 Å². The Hall–Kier alpha value is -2.97. The zero-order valence-corrected chi connectivity index (χ0v) is 16.0. The van der Waals surface area contributed by atoms with Crippen LogP contribution in [0.3, 0.4) is 0 Å². The van der Waals surface area contributed by atoms with Gasteiger partial charge in [-0.1, -0.05) is 0 Å². The number of piperidine rings is 1. The van der Waals surface area contributed by atoms with Gasteiger partial charge in [-0.2, -0.15) is 0 Å². The predicted molar refractivity (Wildman–Crippen MR) is 101 cm³/mol. The first kappa shape index (κ1) is 19.8. The average molecular weight is 388 g/mol. The number of imide groups is 1. The van der Waals surface area contributed by atoms with Gasteiger partial charge < -0.3 is 10.2 Å². The smallest absolute Gasteiger partial charge is 0.317 e. The molecule has 28 heavy (non-hydrogen) atoms. The molecule has 0 spiro atoms. The van der Waals surface area contributed by atoms with Crippen LogP contribution in [0.15, 0.2) is 18.2 Å². The van der Waals surface area contributed by atoms with Gasteiger partial charge in [0.25, 0.3) is 17.5 Å². The van der Waals surface area contributed by atoms with Crippen LogP contribution in [0.5, 0.6) is 0 Å². The highest BCUT2D eigenvalue weighted by molar-refractivity contribution is 6.21. The number of amides is 4. The van der Waals surface area contributed by atoms with Gasteiger partial charge in [0.05, 0.1) is 16.1 Å². The van der Waals surface area contributed by atoms with Crippen molar-refractivity contribution in [3.63, 3.8) is 0 Å². The fourth-order valence-corrected chi connectivity index (χ4v) is 3.94. The second kappa shape index (κ2) is 7.95. The fourth-order valence-electron chi connectivity index (χ4n) is 3.94. The van der Waals surface area contributed by atoms with Crippen LogP contribution in [-0.4, -0.2) is 57.7 Å². The highest BCUT2D eigenvalue weighted by Gasteiger charge is 2.36. The number of non-ortho nitro benzene ring substituents is 1. The zero-order valence-electron chi connectivity index (χ0n) is 16.0. The number of nitrogens with zero attached hydrogens (tertiary/aromatic N) is 3. The Kier molecular flexibility index (Phi) is 5.62. The number of carbonyl (C=O) groups is 3. The minimum Gasteiger partial charge on any atom is -0.338 e. The number of hydrogen-bond acceptors (Lipinski definition) is 5. The lowest BCUT2D eigenvalue weighted by Gasteiger charge is -2.38. The van der Waals surface area contributed by atoms with E-state index in [0.717, 1.165) is 30.2 Å². The zero-order chi connectivity index (χ0) is 20.4. The molecule has 2 atom stereocenters. The van der Waals surface area contributed by atoms with Crippen LogP contribution in [0.25, 0.3) is 0 Å². The summed E-state index contributed by atoms with van der Waals surface area (Å²) in [7, 11) is 0. The molecule has 2 heterocycles. The van der Waals surface area contributed by atoms with E-state index < -0.39 is 16.7 Å². The molecule has 1 N–H and O–H groups in total. The minimum absolute atomic E-state index is 0.0548. The van der Waals surface area contributed by atoms with E-state index in [9.17, 15) is 24.5 Å². The molecule has 2 aliphatic heterocycles. The Morgan fingerprint density at radius 1 is 1.18 bits per heavy atom. The van der Waals surface area contributed by atoms with E-state index >= 15 is 0 Å². The highest BCUT2D eigenvalue weighted by atomic mass is 16.6. The minimum atomic E-state index is -0.598. The summed E-state index contributed by atoms with van der Waals surface area (Å²) < 4.78 is 0. The van der Waals surface area contributed by atoms with Crippen LogP contribution in [0.2, 0.25) is 0 Å². The normalized spacial score (nSPS) is 21.6. The average Bonchev–Trinajstić information content (AvgIpc) is 2.89. The molecule has 1 aromatic rings. The molecular formula is C19H24N4O5. The van der Waals surface area contributed by atoms with E-state index in [2.05, 4.69) is 5.32 Å². The predicted octanol–water partition coefficient (Wildman–Crippen LogP) is 2.55. The maximum atomic E-state index is 12.4. The van der Waals surface area contributed by atoms with Crippen LogP contribution in [0.1, 0.15) is 60.2 Å². The van der Waals surface area contributed by atoms with Crippen LogP contribution in [0, 0.1) is 10.1 Å². The summed E-state index contributed by atoms with van der Waals surface area (Å²) in [6.45, 7) is 4.55. The summed E-state index contributed by atoms with van der Waals surface area (Å²) in [6, 6.07) is 3.92. The van der Waals surface area contributed by atoms with Crippen LogP contribution >= 0.6 is 0 Å². The number of fused-ring (bicyclic) bond motifs is 1. The number of carbonyl (C=O) groups excluding carboxylic acids is 3. The van der Waals surface area contributed by atoms with Crippen molar-refractivity contribution in [3.05, 3.63) is 39.4 Å². The standard InChI is InChI=1S/C19H24N4O5/c1-12-5-3-6-13(2)22(12)19(26)20-9-4-10-21-17(24)15-8-7-14(23(27)28)11-16(15)18(21)25/h7-8,11-13H,3-6,9-10H2,1-2H3,(H,20,26). The lowest BCUT2D eigenvalue weighted by atomic mass is 9.98. The maximum absolute atomic E-state index is 12.4. The van der Waals surface area contributed by atoms with Gasteiger partial charge in [0, 0.05) is 37.3 Å². The monoisotopic (exact) mass is 388 g/mol. The molecule has 0 bridgehead atoms. The van der Waals surface area contributed by atoms with Crippen molar-refractivity contribution < 1.29 is 19.3 Å². The number of nitro groups is 1. The van der Waals surface area contributed by atoms with Gasteiger partial charge in [-0.3, -0.25) is 24.6 Å². The number of nitrogens with one attached hydrogen (secondary N) is 1. The molecule has 3 rings (SSSR count). The third kappa shape index (κ3) is 3.69. The largest absolute Gasteiger partial charge is 0.338 e. The second-order valence-electron chi connectivity index (χ2n) is 7.37. The Morgan fingerprint density at radius 2 is 1.82 bits per heavy atom. The summed E-state index contributed by atoms with van der Waals surface area (Å²) in [6.07, 6.45) is 3.50. The number of rotatable bonds is 5. The molecular weight excluding hydrogens is 364 g/mol. The quantitative estimate of drug-likeness (QED) is 0.360. The van der Waals surface area contributed by atoms with Gasteiger partial charge in [0.15, 0.2) is 0 Å². The molecule has 0 saturated carbocycles. The Labute approximate surface area is 162 Å². The molecule has 0 aliphatic carbocycles. The molecule has 1 saturated heterocycles. The Morgan fingerprint density at radius 3 is 2.46 bits per heavy atom. The van der Waals surface area contributed by atoms with Gasteiger partial charge in [-0.05, 0) is 45.6 Å². The molecule has 9 nitrogen and oxygen atoms in total. The van der Waals surface area contributed by atoms with Crippen molar-refractivity contribution >= 4 is 23.5 Å². The molecule has 2 aliphatic rings. The number of hydrogen-bond donors (Lipinski definition) is 1. The number of nitro benzene ring substituents is 1. The number of benzene rings is 1. The van der Waals surface area contributed by atoms with Crippen molar-refractivity contribution in [1.29, 1.82) is 0 Å². The van der Waals surface area contributed by atoms with Gasteiger partial charge in [0.2, 0.25) is 0 Å². The van der Waals surface area contributed by atoms with Crippen LogP contribution in [-0.2, 0) is 0 Å². The van der Waals surface area contributed by atoms with Crippen molar-refractivity contribution in [1.82, 2.24) is 15.1 Å². The van der Waals surface area contributed by atoms with E-state index in [4.69, 9.17) is 0 Å². The van der Waals surface area contributed by atoms with Crippen molar-refractivity contribution in [2.24, 2.45) is 0 Å². The summed E-state index contributed by atoms with van der Waals surface area (Å²) in [5.41, 5.74) is 0.00795. The Bertz CT molecular complexity index is 815. The highest BCUT2D eigenvalue weighted by Crippen LogP contribution is 2.27. The van der Waals surface area contributed by atoms with E-state index in [-0.39, 0.29) is 41.5 Å². The first-order valence-corrected chi connectivity index (χ1v) is 9.52. The lowest BCUT2D eigenvalue weighted by Crippen LogP contribution is -2.52. The first-order valence-electron chi connectivity index (χ1n) is 9.52. The first-order chi connectivity index (χ1) is 13.3. The lowest BCUT2D eigenvalue weighted by molar-refractivity contribution is -0.384. The fraction of sp³-hybridized carbons (Fsp3) is 0.526. The summed E-state index contributed by atoms with van der Waals surface area (Å²) >= 11 is 0. The van der Waals surface area contributed by atoms with Crippen LogP contribution < -0.4 is 5.32 Å².